The van der Waals surface area contributed by atoms with E-state index in [2.05, 4.69) is 31.1 Å². The molecule has 1 fully saturated rings. The number of nitrogens with zero attached hydrogens (tertiary/aromatic N) is 1. The predicted molar refractivity (Wildman–Crippen MR) is 64.5 cm³/mol. The van der Waals surface area contributed by atoms with Crippen LogP contribution in [0.15, 0.2) is 0 Å². The standard InChI is InChI=1S/C10H21N3OS/c1-7(4-10(14)12-11)13-5-8(2)15-9(3)6-13/h7-9H,4-6,11H2,1-3H3,(H,12,14). The fourth-order valence-electron chi connectivity index (χ4n) is 2.03. The van der Waals surface area contributed by atoms with Crippen LogP contribution < -0.4 is 11.3 Å². The summed E-state index contributed by atoms with van der Waals surface area (Å²) in [6.07, 6.45) is 0.487. The monoisotopic (exact) mass is 231 g/mol. The minimum Gasteiger partial charge on any atom is -0.298 e. The van der Waals surface area contributed by atoms with Gasteiger partial charge in [0.25, 0.3) is 0 Å². The number of hydrogen-bond acceptors (Lipinski definition) is 4. The highest BCUT2D eigenvalue weighted by atomic mass is 32.2. The molecule has 15 heavy (non-hydrogen) atoms. The lowest BCUT2D eigenvalue weighted by Crippen LogP contribution is -2.47. The summed E-state index contributed by atoms with van der Waals surface area (Å²) in [5, 5.41) is 1.30. The summed E-state index contributed by atoms with van der Waals surface area (Å²) >= 11 is 2.02. The van der Waals surface area contributed by atoms with Gasteiger partial charge in [-0.05, 0) is 6.92 Å². The molecule has 1 aliphatic rings. The van der Waals surface area contributed by atoms with Crippen molar-refractivity contribution in [2.45, 2.75) is 43.7 Å². The van der Waals surface area contributed by atoms with Gasteiger partial charge in [0.05, 0.1) is 0 Å². The lowest BCUT2D eigenvalue weighted by Gasteiger charge is -2.38. The van der Waals surface area contributed by atoms with Gasteiger partial charge in [-0.25, -0.2) is 5.84 Å². The zero-order valence-corrected chi connectivity index (χ0v) is 10.5. The molecule has 5 heteroatoms. The van der Waals surface area contributed by atoms with E-state index >= 15 is 0 Å². The van der Waals surface area contributed by atoms with E-state index in [4.69, 9.17) is 5.84 Å². The third-order valence-electron chi connectivity index (χ3n) is 2.71. The van der Waals surface area contributed by atoms with E-state index in [-0.39, 0.29) is 11.9 Å². The zero-order chi connectivity index (χ0) is 11.4. The fraction of sp³-hybridized carbons (Fsp3) is 0.900. The number of hydrazine groups is 1. The lowest BCUT2D eigenvalue weighted by molar-refractivity contribution is -0.122. The minimum absolute atomic E-state index is 0.0824. The normalized spacial score (nSPS) is 29.9. The van der Waals surface area contributed by atoms with Gasteiger partial charge in [-0.1, -0.05) is 13.8 Å². The smallest absolute Gasteiger partial charge is 0.235 e. The van der Waals surface area contributed by atoms with Crippen molar-refractivity contribution < 1.29 is 4.79 Å². The van der Waals surface area contributed by atoms with Gasteiger partial charge in [0.1, 0.15) is 0 Å². The highest BCUT2D eigenvalue weighted by Gasteiger charge is 2.26. The Hall–Kier alpha value is -0.260. The van der Waals surface area contributed by atoms with Crippen LogP contribution in [0.4, 0.5) is 0 Å². The first-order valence-electron chi connectivity index (χ1n) is 5.42. The molecule has 1 amide bonds. The number of hydrogen-bond donors (Lipinski definition) is 2. The maximum Gasteiger partial charge on any atom is 0.235 e. The molecule has 4 nitrogen and oxygen atoms in total. The van der Waals surface area contributed by atoms with Crippen molar-refractivity contribution in [1.82, 2.24) is 10.3 Å². The Morgan fingerprint density at radius 2 is 2.07 bits per heavy atom. The first kappa shape index (κ1) is 12.8. The van der Waals surface area contributed by atoms with Crippen LogP contribution >= 0.6 is 11.8 Å². The molecule has 3 atom stereocenters. The van der Waals surface area contributed by atoms with Gasteiger partial charge < -0.3 is 0 Å². The van der Waals surface area contributed by atoms with E-state index in [1.165, 1.54) is 0 Å². The zero-order valence-electron chi connectivity index (χ0n) is 9.69. The van der Waals surface area contributed by atoms with Crippen molar-refractivity contribution in [1.29, 1.82) is 0 Å². The van der Waals surface area contributed by atoms with Crippen molar-refractivity contribution >= 4 is 17.7 Å². The maximum absolute atomic E-state index is 11.2. The van der Waals surface area contributed by atoms with Crippen molar-refractivity contribution in [2.24, 2.45) is 5.84 Å². The van der Waals surface area contributed by atoms with Gasteiger partial charge in [-0.15, -0.1) is 0 Å². The van der Waals surface area contributed by atoms with Crippen LogP contribution in [0.1, 0.15) is 27.2 Å². The second kappa shape index (κ2) is 5.72. The van der Waals surface area contributed by atoms with Crippen LogP contribution in [0.5, 0.6) is 0 Å². The molecule has 1 aliphatic heterocycles. The van der Waals surface area contributed by atoms with Crippen LogP contribution in [0.2, 0.25) is 0 Å². The molecular weight excluding hydrogens is 210 g/mol. The summed E-state index contributed by atoms with van der Waals surface area (Å²) in [6.45, 7) is 8.69. The number of amides is 1. The molecule has 88 valence electrons. The highest BCUT2D eigenvalue weighted by molar-refractivity contribution is 8.00. The summed E-state index contributed by atoms with van der Waals surface area (Å²) in [7, 11) is 0. The van der Waals surface area contributed by atoms with Gasteiger partial charge in [-0.3, -0.25) is 15.1 Å². The van der Waals surface area contributed by atoms with E-state index in [1.54, 1.807) is 0 Å². The van der Waals surface area contributed by atoms with Gasteiger partial charge >= 0.3 is 0 Å². The van der Waals surface area contributed by atoms with Crippen LogP contribution in [0.25, 0.3) is 0 Å². The summed E-state index contributed by atoms with van der Waals surface area (Å²) in [5.74, 6) is 5.00. The third-order valence-corrected chi connectivity index (χ3v) is 3.94. The second-order valence-electron chi connectivity index (χ2n) is 4.33. The Kier molecular flexibility index (Phi) is 4.89. The van der Waals surface area contributed by atoms with E-state index < -0.39 is 0 Å². The Bertz CT molecular complexity index is 215. The molecule has 0 radical (unpaired) electrons. The molecule has 0 aromatic carbocycles. The summed E-state index contributed by atoms with van der Waals surface area (Å²) in [4.78, 5) is 13.5. The van der Waals surface area contributed by atoms with E-state index in [9.17, 15) is 4.79 Å². The number of rotatable bonds is 3. The molecule has 0 aromatic heterocycles. The first-order chi connectivity index (χ1) is 7.02. The fourth-order valence-corrected chi connectivity index (χ4v) is 3.38. The quantitative estimate of drug-likeness (QED) is 0.424. The largest absolute Gasteiger partial charge is 0.298 e. The molecule has 1 rings (SSSR count). The highest BCUT2D eigenvalue weighted by Crippen LogP contribution is 2.26. The maximum atomic E-state index is 11.2. The number of carbonyl (C=O) groups excluding carboxylic acids is 1. The third kappa shape index (κ3) is 4.01. The van der Waals surface area contributed by atoms with Crippen LogP contribution in [-0.4, -0.2) is 40.4 Å². The topological polar surface area (TPSA) is 58.4 Å². The van der Waals surface area contributed by atoms with E-state index in [0.717, 1.165) is 13.1 Å². The Morgan fingerprint density at radius 3 is 2.53 bits per heavy atom. The molecule has 0 saturated carbocycles. The number of nitrogens with two attached hydrogens (primary N) is 1. The number of thioether (sulfide) groups is 1. The van der Waals surface area contributed by atoms with Crippen molar-refractivity contribution in [3.05, 3.63) is 0 Å². The van der Waals surface area contributed by atoms with Gasteiger partial charge in [0.15, 0.2) is 0 Å². The molecule has 0 bridgehead atoms. The molecule has 0 spiro atoms. The number of nitrogens with one attached hydrogen (secondary N) is 1. The SMILES string of the molecule is CC1CN(C(C)CC(=O)NN)CC(C)S1. The minimum atomic E-state index is -0.0824. The van der Waals surface area contributed by atoms with Gasteiger partial charge in [0, 0.05) is 36.1 Å². The van der Waals surface area contributed by atoms with Crippen LogP contribution in [0.3, 0.4) is 0 Å². The van der Waals surface area contributed by atoms with E-state index in [1.807, 2.05) is 11.8 Å². The Labute approximate surface area is 95.9 Å². The summed E-state index contributed by atoms with van der Waals surface area (Å²) in [5.41, 5.74) is 2.19. The molecule has 0 aromatic rings. The van der Waals surface area contributed by atoms with Gasteiger partial charge in [-0.2, -0.15) is 11.8 Å². The average molecular weight is 231 g/mol. The summed E-state index contributed by atoms with van der Waals surface area (Å²) < 4.78 is 0. The molecular formula is C10H21N3OS. The average Bonchev–Trinajstić information content (AvgIpc) is 2.16. The molecule has 1 saturated heterocycles. The predicted octanol–water partition coefficient (Wildman–Crippen LogP) is 0.581. The van der Waals surface area contributed by atoms with Crippen molar-refractivity contribution in [3.8, 4) is 0 Å². The van der Waals surface area contributed by atoms with Crippen molar-refractivity contribution in [2.75, 3.05) is 13.1 Å². The van der Waals surface area contributed by atoms with Crippen LogP contribution in [0, 0.1) is 0 Å². The second-order valence-corrected chi connectivity index (χ2v) is 6.21. The molecule has 0 aliphatic carbocycles. The number of carbonyl (C=O) groups is 1. The molecule has 1 heterocycles. The molecule has 3 N–H and O–H groups in total. The summed E-state index contributed by atoms with van der Waals surface area (Å²) in [6, 6.07) is 0.277. The van der Waals surface area contributed by atoms with E-state index in [0.29, 0.717) is 16.9 Å². The van der Waals surface area contributed by atoms with Gasteiger partial charge in [0.2, 0.25) is 5.91 Å². The Balaban J connectivity index is 2.44. The lowest BCUT2D eigenvalue weighted by atomic mass is 10.1. The first-order valence-corrected chi connectivity index (χ1v) is 6.36. The van der Waals surface area contributed by atoms with Crippen LogP contribution in [-0.2, 0) is 4.79 Å². The molecule has 3 unspecified atom stereocenters. The van der Waals surface area contributed by atoms with Crippen molar-refractivity contribution in [3.63, 3.8) is 0 Å². The Morgan fingerprint density at radius 1 is 1.53 bits per heavy atom.